The van der Waals surface area contributed by atoms with Crippen LogP contribution in [0.2, 0.25) is 0 Å². The van der Waals surface area contributed by atoms with E-state index < -0.39 is 15.6 Å². The zero-order chi connectivity index (χ0) is 14.8. The van der Waals surface area contributed by atoms with Gasteiger partial charge >= 0.3 is 0 Å². The molecular weight excluding hydrogens is 286 g/mol. The van der Waals surface area contributed by atoms with Crippen LogP contribution in [0.4, 0.5) is 0 Å². The van der Waals surface area contributed by atoms with Gasteiger partial charge in [0.15, 0.2) is 0 Å². The molecule has 0 rings (SSSR count). The van der Waals surface area contributed by atoms with Crippen LogP contribution in [0.1, 0.15) is 76.7 Å². The predicted octanol–water partition coefficient (Wildman–Crippen LogP) is 4.14. The Balaban J connectivity index is -0.000000482. The van der Waals surface area contributed by atoms with E-state index in [0.29, 0.717) is 6.42 Å². The largest absolute Gasteiger partial charge is 0.395 e. The summed E-state index contributed by atoms with van der Waals surface area (Å²) in [5, 5.41) is 9.51. The summed E-state index contributed by atoms with van der Waals surface area (Å²) in [6.07, 6.45) is 2.75. The Kier molecular flexibility index (Phi) is 13.5. The molecule has 0 bridgehead atoms. The molecule has 0 aliphatic carbocycles. The highest BCUT2D eigenvalue weighted by Gasteiger charge is 2.36. The van der Waals surface area contributed by atoms with Crippen molar-refractivity contribution in [2.75, 3.05) is 12.9 Å². The Bertz CT molecular complexity index is 351. The molecule has 1 atom stereocenters. The van der Waals surface area contributed by atoms with Crippen LogP contribution in [0.5, 0.6) is 0 Å². The van der Waals surface area contributed by atoms with Gasteiger partial charge in [-0.05, 0) is 39.0 Å². The minimum atomic E-state index is -3.33. The Morgan fingerprint density at radius 1 is 1.00 bits per heavy atom. The molecule has 0 saturated carbocycles. The number of hydrogen-bond acceptors (Lipinski definition) is 3. The normalized spacial score (nSPS) is 13.8. The van der Waals surface area contributed by atoms with Crippen LogP contribution >= 0.6 is 0 Å². The van der Waals surface area contributed by atoms with Gasteiger partial charge in [0.25, 0.3) is 0 Å². The molecule has 0 heterocycles. The van der Waals surface area contributed by atoms with Gasteiger partial charge < -0.3 is 5.11 Å². The van der Waals surface area contributed by atoms with Gasteiger partial charge in [-0.2, -0.15) is 4.31 Å². The lowest BCUT2D eigenvalue weighted by atomic mass is 9.88. The van der Waals surface area contributed by atoms with E-state index in [0.717, 1.165) is 6.42 Å². The summed E-state index contributed by atoms with van der Waals surface area (Å²) in [6, 6.07) is -0.348. The van der Waals surface area contributed by atoms with Crippen molar-refractivity contribution >= 4 is 10.0 Å². The first-order valence-corrected chi connectivity index (χ1v) is 8.24. The van der Waals surface area contributed by atoms with Gasteiger partial charge in [-0.25, -0.2) is 8.42 Å². The van der Waals surface area contributed by atoms with Crippen molar-refractivity contribution in [3.05, 3.63) is 0 Å². The summed E-state index contributed by atoms with van der Waals surface area (Å²) in [5.74, 6) is 0. The van der Waals surface area contributed by atoms with Gasteiger partial charge in [-0.1, -0.05) is 43.1 Å². The quantitative estimate of drug-likeness (QED) is 0.825. The fraction of sp³-hybridized carbons (Fsp3) is 1.00. The molecule has 0 saturated heterocycles. The molecule has 0 aliphatic heterocycles. The van der Waals surface area contributed by atoms with E-state index in [4.69, 9.17) is 0 Å². The molecular formula is C16H41NO3S. The molecule has 4 nitrogen and oxygen atoms in total. The maximum absolute atomic E-state index is 11.9. The summed E-state index contributed by atoms with van der Waals surface area (Å²) in [6.45, 7) is 11.8. The second-order valence-corrected chi connectivity index (χ2v) is 9.02. The molecule has 21 heavy (non-hydrogen) atoms. The van der Waals surface area contributed by atoms with Crippen LogP contribution in [0.3, 0.4) is 0 Å². The monoisotopic (exact) mass is 327 g/mol. The van der Waals surface area contributed by atoms with E-state index in [1.165, 1.54) is 10.6 Å². The number of rotatable bonds is 5. The van der Waals surface area contributed by atoms with Crippen molar-refractivity contribution in [3.63, 3.8) is 0 Å². The fourth-order valence-corrected chi connectivity index (χ4v) is 3.91. The second kappa shape index (κ2) is 9.80. The van der Waals surface area contributed by atoms with Gasteiger partial charge in [0.2, 0.25) is 10.0 Å². The molecule has 1 N–H and O–H groups in total. The van der Waals surface area contributed by atoms with Crippen LogP contribution in [-0.4, -0.2) is 42.3 Å². The van der Waals surface area contributed by atoms with Gasteiger partial charge in [0.1, 0.15) is 0 Å². The molecule has 0 amide bonds. The highest BCUT2D eigenvalue weighted by molar-refractivity contribution is 7.88. The van der Waals surface area contributed by atoms with Crippen molar-refractivity contribution in [3.8, 4) is 0 Å². The van der Waals surface area contributed by atoms with Crippen LogP contribution in [0.25, 0.3) is 0 Å². The molecule has 0 aromatic carbocycles. The summed E-state index contributed by atoms with van der Waals surface area (Å²) < 4.78 is 25.3. The zero-order valence-corrected chi connectivity index (χ0v) is 13.6. The lowest BCUT2D eigenvalue weighted by Crippen LogP contribution is -2.52. The minimum absolute atomic E-state index is 0. The molecule has 5 heteroatoms. The number of nitrogens with zero attached hydrogens (tertiary/aromatic N) is 1. The minimum Gasteiger partial charge on any atom is -0.395 e. The third-order valence-corrected chi connectivity index (χ3v) is 4.35. The highest BCUT2D eigenvalue weighted by atomic mass is 32.2. The standard InChI is InChI=1S/C13H29NO3S.3CH4/c1-12(2,3)9-8-11(10-15)14(13(4,5)6)18(7,16)17;;;/h11,15H,8-10H2,1-7H3;3*1H4. The molecule has 0 aromatic heterocycles. The van der Waals surface area contributed by atoms with E-state index >= 15 is 0 Å². The van der Waals surface area contributed by atoms with Crippen LogP contribution in [-0.2, 0) is 10.0 Å². The van der Waals surface area contributed by atoms with Gasteiger partial charge in [-0.15, -0.1) is 0 Å². The third-order valence-electron chi connectivity index (χ3n) is 2.79. The lowest BCUT2D eigenvalue weighted by molar-refractivity contribution is 0.111. The SMILES string of the molecule is C.C.C.CC(C)(C)CCC(CO)N(C(C)(C)C)S(C)(=O)=O. The number of sulfonamides is 1. The molecule has 0 fully saturated rings. The van der Waals surface area contributed by atoms with E-state index in [1.54, 1.807) is 0 Å². The van der Waals surface area contributed by atoms with Gasteiger partial charge in [-0.3, -0.25) is 0 Å². The summed E-state index contributed by atoms with van der Waals surface area (Å²) in [4.78, 5) is 0. The van der Waals surface area contributed by atoms with Crippen molar-refractivity contribution < 1.29 is 13.5 Å². The Morgan fingerprint density at radius 2 is 1.38 bits per heavy atom. The van der Waals surface area contributed by atoms with Crippen molar-refractivity contribution in [2.45, 2.75) is 88.2 Å². The van der Waals surface area contributed by atoms with Gasteiger partial charge in [0, 0.05) is 11.6 Å². The average molecular weight is 328 g/mol. The van der Waals surface area contributed by atoms with Gasteiger partial charge in [0.05, 0.1) is 12.9 Å². The fourth-order valence-electron chi connectivity index (χ4n) is 2.20. The predicted molar refractivity (Wildman–Crippen MR) is 96.2 cm³/mol. The maximum atomic E-state index is 11.9. The highest BCUT2D eigenvalue weighted by Crippen LogP contribution is 2.28. The lowest BCUT2D eigenvalue weighted by Gasteiger charge is -2.39. The van der Waals surface area contributed by atoms with Crippen molar-refractivity contribution in [1.82, 2.24) is 4.31 Å². The first-order chi connectivity index (χ1) is 7.79. The Morgan fingerprint density at radius 3 is 1.57 bits per heavy atom. The van der Waals surface area contributed by atoms with E-state index in [-0.39, 0.29) is 40.3 Å². The van der Waals surface area contributed by atoms with E-state index in [1.807, 2.05) is 20.8 Å². The van der Waals surface area contributed by atoms with Crippen molar-refractivity contribution in [1.29, 1.82) is 0 Å². The molecule has 0 aliphatic rings. The van der Waals surface area contributed by atoms with Crippen LogP contribution in [0, 0.1) is 5.41 Å². The average Bonchev–Trinajstić information content (AvgIpc) is 2.05. The first-order valence-electron chi connectivity index (χ1n) is 6.39. The number of aliphatic hydroxyl groups is 1. The topological polar surface area (TPSA) is 57.6 Å². The van der Waals surface area contributed by atoms with Crippen LogP contribution < -0.4 is 0 Å². The Labute approximate surface area is 135 Å². The maximum Gasteiger partial charge on any atom is 0.212 e. The van der Waals surface area contributed by atoms with Crippen LogP contribution in [0.15, 0.2) is 0 Å². The van der Waals surface area contributed by atoms with E-state index in [9.17, 15) is 13.5 Å². The Hall–Kier alpha value is -0.130. The first kappa shape index (κ1) is 29.0. The molecule has 134 valence electrons. The molecule has 0 aromatic rings. The molecule has 1 unspecified atom stereocenters. The smallest absolute Gasteiger partial charge is 0.212 e. The molecule has 0 spiro atoms. The zero-order valence-electron chi connectivity index (χ0n) is 12.8. The third kappa shape index (κ3) is 11.1. The van der Waals surface area contributed by atoms with Crippen molar-refractivity contribution in [2.24, 2.45) is 5.41 Å². The molecule has 0 radical (unpaired) electrons. The summed E-state index contributed by atoms with van der Waals surface area (Å²) in [5.41, 5.74) is -0.382. The number of hydrogen-bond donors (Lipinski definition) is 1. The number of aliphatic hydroxyl groups excluding tert-OH is 1. The summed E-state index contributed by atoms with van der Waals surface area (Å²) in [7, 11) is -3.33. The van der Waals surface area contributed by atoms with E-state index in [2.05, 4.69) is 20.8 Å². The summed E-state index contributed by atoms with van der Waals surface area (Å²) >= 11 is 0. The second-order valence-electron chi connectivity index (χ2n) is 7.17.